The van der Waals surface area contributed by atoms with Crippen LogP contribution >= 0.6 is 0 Å². The molecule has 0 aliphatic carbocycles. The molecule has 0 aromatic heterocycles. The van der Waals surface area contributed by atoms with Crippen molar-refractivity contribution in [2.45, 2.75) is 79.1 Å². The van der Waals surface area contributed by atoms with E-state index in [1.807, 2.05) is 0 Å². The molecular formula is C26H38O. The Labute approximate surface area is 167 Å². The second kappa shape index (κ2) is 10.7. The Morgan fingerprint density at radius 3 is 1.37 bits per heavy atom. The van der Waals surface area contributed by atoms with Gasteiger partial charge in [0.25, 0.3) is 0 Å². The van der Waals surface area contributed by atoms with E-state index in [9.17, 15) is 0 Å². The zero-order chi connectivity index (χ0) is 19.8. The molecule has 0 aliphatic rings. The van der Waals surface area contributed by atoms with E-state index in [0.29, 0.717) is 11.8 Å². The minimum absolute atomic E-state index is 0.436. The highest BCUT2D eigenvalue weighted by Crippen LogP contribution is 2.25. The number of ether oxygens (including phenoxy) is 1. The third-order valence-corrected chi connectivity index (χ3v) is 5.79. The number of hydrogen-bond acceptors (Lipinski definition) is 1. The zero-order valence-corrected chi connectivity index (χ0v) is 18.3. The molecule has 2 aromatic rings. The summed E-state index contributed by atoms with van der Waals surface area (Å²) in [6.45, 7) is 15.1. The Bertz CT molecular complexity index is 655. The molecule has 0 fully saturated rings. The Hall–Kier alpha value is -1.60. The standard InChI is InChI=1S/C26H38O/c1-7-21-11-13-25(23(9-3)15-21)19(5)17-27-18-20(6)26-14-12-22(8-2)16-24(26)10-4/h11-16,19-20H,7-10,17-18H2,1-6H3. The van der Waals surface area contributed by atoms with Crippen LogP contribution in [0.4, 0.5) is 0 Å². The first-order valence-electron chi connectivity index (χ1n) is 10.8. The molecule has 0 bridgehead atoms. The molecule has 1 heteroatoms. The summed E-state index contributed by atoms with van der Waals surface area (Å²) in [6, 6.07) is 13.9. The first-order chi connectivity index (χ1) is 13.0. The normalized spacial score (nSPS) is 13.6. The number of rotatable bonds is 10. The van der Waals surface area contributed by atoms with Gasteiger partial charge in [-0.05, 0) is 59.1 Å². The minimum Gasteiger partial charge on any atom is -0.380 e. The largest absolute Gasteiger partial charge is 0.380 e. The second-order valence-electron chi connectivity index (χ2n) is 7.82. The zero-order valence-electron chi connectivity index (χ0n) is 18.3. The van der Waals surface area contributed by atoms with Gasteiger partial charge in [-0.1, -0.05) is 77.9 Å². The van der Waals surface area contributed by atoms with Crippen LogP contribution in [0.25, 0.3) is 0 Å². The lowest BCUT2D eigenvalue weighted by molar-refractivity contribution is 0.113. The van der Waals surface area contributed by atoms with E-state index >= 15 is 0 Å². The predicted molar refractivity (Wildman–Crippen MR) is 118 cm³/mol. The van der Waals surface area contributed by atoms with Gasteiger partial charge in [-0.15, -0.1) is 0 Å². The van der Waals surface area contributed by atoms with E-state index in [-0.39, 0.29) is 0 Å². The van der Waals surface area contributed by atoms with Gasteiger partial charge in [0.15, 0.2) is 0 Å². The number of aryl methyl sites for hydroxylation is 4. The van der Waals surface area contributed by atoms with E-state index in [0.717, 1.165) is 38.9 Å². The van der Waals surface area contributed by atoms with Gasteiger partial charge < -0.3 is 4.74 Å². The SMILES string of the molecule is CCc1ccc(C(C)COCC(C)c2ccc(CC)cc2CC)c(CC)c1. The summed E-state index contributed by atoms with van der Waals surface area (Å²) in [7, 11) is 0. The first-order valence-corrected chi connectivity index (χ1v) is 10.8. The summed E-state index contributed by atoms with van der Waals surface area (Å²) in [5, 5.41) is 0. The van der Waals surface area contributed by atoms with Crippen LogP contribution in [0.1, 0.15) is 86.8 Å². The van der Waals surface area contributed by atoms with Crippen molar-refractivity contribution in [3.63, 3.8) is 0 Å². The fourth-order valence-corrected chi connectivity index (χ4v) is 3.93. The third-order valence-electron chi connectivity index (χ3n) is 5.79. The lowest BCUT2D eigenvalue weighted by Gasteiger charge is -2.20. The molecule has 0 radical (unpaired) electrons. The number of benzene rings is 2. The maximum Gasteiger partial charge on any atom is 0.0532 e. The smallest absolute Gasteiger partial charge is 0.0532 e. The highest BCUT2D eigenvalue weighted by molar-refractivity contribution is 5.35. The summed E-state index contributed by atoms with van der Waals surface area (Å²) < 4.78 is 6.18. The van der Waals surface area contributed by atoms with Crippen molar-refractivity contribution in [3.8, 4) is 0 Å². The highest BCUT2D eigenvalue weighted by atomic mass is 16.5. The summed E-state index contributed by atoms with van der Waals surface area (Å²) in [4.78, 5) is 0. The molecule has 0 spiro atoms. The molecule has 1 nitrogen and oxygen atoms in total. The van der Waals surface area contributed by atoms with Crippen molar-refractivity contribution in [3.05, 3.63) is 69.8 Å². The van der Waals surface area contributed by atoms with E-state index in [2.05, 4.69) is 77.9 Å². The van der Waals surface area contributed by atoms with Gasteiger partial charge in [0.2, 0.25) is 0 Å². The average molecular weight is 367 g/mol. The van der Waals surface area contributed by atoms with Crippen LogP contribution in [-0.4, -0.2) is 13.2 Å². The lowest BCUT2D eigenvalue weighted by Crippen LogP contribution is -2.12. The van der Waals surface area contributed by atoms with Crippen molar-refractivity contribution in [1.82, 2.24) is 0 Å². The molecule has 27 heavy (non-hydrogen) atoms. The van der Waals surface area contributed by atoms with Crippen molar-refractivity contribution >= 4 is 0 Å². The predicted octanol–water partition coefficient (Wildman–Crippen LogP) is 6.86. The molecule has 2 unspecified atom stereocenters. The quantitative estimate of drug-likeness (QED) is 0.446. The monoisotopic (exact) mass is 366 g/mol. The number of hydrogen-bond donors (Lipinski definition) is 0. The molecular weight excluding hydrogens is 328 g/mol. The van der Waals surface area contributed by atoms with Gasteiger partial charge in [0, 0.05) is 11.8 Å². The Balaban J connectivity index is 1.98. The molecule has 0 saturated heterocycles. The van der Waals surface area contributed by atoms with E-state index < -0.39 is 0 Å². The second-order valence-corrected chi connectivity index (χ2v) is 7.82. The summed E-state index contributed by atoms with van der Waals surface area (Å²) in [5.41, 5.74) is 8.71. The van der Waals surface area contributed by atoms with Crippen LogP contribution in [0.2, 0.25) is 0 Å². The fourth-order valence-electron chi connectivity index (χ4n) is 3.93. The Morgan fingerprint density at radius 2 is 1.04 bits per heavy atom. The lowest BCUT2D eigenvalue weighted by atomic mass is 9.92. The topological polar surface area (TPSA) is 9.23 Å². The molecule has 2 aromatic carbocycles. The first kappa shape index (κ1) is 21.7. The van der Waals surface area contributed by atoms with Gasteiger partial charge in [-0.25, -0.2) is 0 Å². The van der Waals surface area contributed by atoms with Crippen molar-refractivity contribution in [1.29, 1.82) is 0 Å². The van der Waals surface area contributed by atoms with Gasteiger partial charge >= 0.3 is 0 Å². The summed E-state index contributed by atoms with van der Waals surface area (Å²) in [6.07, 6.45) is 4.39. The Kier molecular flexibility index (Phi) is 8.57. The maximum atomic E-state index is 6.18. The molecule has 148 valence electrons. The highest BCUT2D eigenvalue weighted by Gasteiger charge is 2.14. The average Bonchev–Trinajstić information content (AvgIpc) is 2.72. The van der Waals surface area contributed by atoms with E-state index in [1.165, 1.54) is 33.4 Å². The van der Waals surface area contributed by atoms with Gasteiger partial charge in [0.1, 0.15) is 0 Å². The maximum absolute atomic E-state index is 6.18. The molecule has 0 heterocycles. The summed E-state index contributed by atoms with van der Waals surface area (Å²) >= 11 is 0. The van der Waals surface area contributed by atoms with Crippen molar-refractivity contribution < 1.29 is 4.74 Å². The van der Waals surface area contributed by atoms with Crippen LogP contribution in [0.15, 0.2) is 36.4 Å². The van der Waals surface area contributed by atoms with Crippen LogP contribution in [0.3, 0.4) is 0 Å². The van der Waals surface area contributed by atoms with E-state index in [4.69, 9.17) is 4.74 Å². The van der Waals surface area contributed by atoms with E-state index in [1.54, 1.807) is 0 Å². The summed E-state index contributed by atoms with van der Waals surface area (Å²) in [5.74, 6) is 0.873. The molecule has 0 saturated carbocycles. The van der Waals surface area contributed by atoms with Crippen molar-refractivity contribution in [2.75, 3.05) is 13.2 Å². The van der Waals surface area contributed by atoms with Crippen LogP contribution in [0, 0.1) is 0 Å². The van der Waals surface area contributed by atoms with Crippen molar-refractivity contribution in [2.24, 2.45) is 0 Å². The van der Waals surface area contributed by atoms with Crippen LogP contribution in [-0.2, 0) is 30.4 Å². The van der Waals surface area contributed by atoms with Crippen LogP contribution < -0.4 is 0 Å². The molecule has 2 atom stereocenters. The minimum atomic E-state index is 0.436. The van der Waals surface area contributed by atoms with Gasteiger partial charge in [-0.2, -0.15) is 0 Å². The molecule has 0 amide bonds. The molecule has 0 aliphatic heterocycles. The van der Waals surface area contributed by atoms with Crippen LogP contribution in [0.5, 0.6) is 0 Å². The Morgan fingerprint density at radius 1 is 0.630 bits per heavy atom. The molecule has 0 N–H and O–H groups in total. The van der Waals surface area contributed by atoms with Gasteiger partial charge in [0.05, 0.1) is 13.2 Å². The third kappa shape index (κ3) is 5.69. The fraction of sp³-hybridized carbons (Fsp3) is 0.538. The molecule has 2 rings (SSSR count). The van der Waals surface area contributed by atoms with Gasteiger partial charge in [-0.3, -0.25) is 0 Å².